The van der Waals surface area contributed by atoms with Gasteiger partial charge in [0.15, 0.2) is 5.82 Å². The third-order valence-electron chi connectivity index (χ3n) is 7.08. The number of likely N-dealkylation sites (tertiary alicyclic amines) is 1. The highest BCUT2D eigenvalue weighted by atomic mass is 16.1. The van der Waals surface area contributed by atoms with Crippen LogP contribution in [0.4, 0.5) is 0 Å². The third-order valence-corrected chi connectivity index (χ3v) is 7.08. The number of hydrogen-bond donors (Lipinski definition) is 1. The average molecular weight is 421 g/mol. The first-order valence-corrected chi connectivity index (χ1v) is 11.8. The Hall–Kier alpha value is -2.54. The largest absolute Gasteiger partial charge is 0.322 e. The number of tetrazole rings is 1. The molecular formula is C24H32N6O. The molecule has 7 heteroatoms. The molecule has 1 unspecified atom stereocenters. The molecule has 164 valence electrons. The number of H-pyrrole nitrogens is 1. The van der Waals surface area contributed by atoms with Crippen molar-refractivity contribution >= 4 is 10.9 Å². The minimum absolute atomic E-state index is 0.0359. The van der Waals surface area contributed by atoms with E-state index in [0.717, 1.165) is 66.6 Å². The summed E-state index contributed by atoms with van der Waals surface area (Å²) in [7, 11) is 0. The highest BCUT2D eigenvalue weighted by molar-refractivity contribution is 5.83. The molecule has 0 spiro atoms. The van der Waals surface area contributed by atoms with Gasteiger partial charge in [-0.3, -0.25) is 9.69 Å². The van der Waals surface area contributed by atoms with E-state index in [2.05, 4.69) is 57.5 Å². The lowest BCUT2D eigenvalue weighted by atomic mass is 9.94. The van der Waals surface area contributed by atoms with Gasteiger partial charge in [-0.1, -0.05) is 31.7 Å². The quantitative estimate of drug-likeness (QED) is 0.684. The minimum Gasteiger partial charge on any atom is -0.322 e. The second-order valence-corrected chi connectivity index (χ2v) is 9.37. The van der Waals surface area contributed by atoms with Gasteiger partial charge in [0.25, 0.3) is 5.56 Å². The second-order valence-electron chi connectivity index (χ2n) is 9.37. The number of fused-ring (bicyclic) bond motifs is 1. The van der Waals surface area contributed by atoms with Crippen molar-refractivity contribution in [3.63, 3.8) is 0 Å². The lowest BCUT2D eigenvalue weighted by Crippen LogP contribution is -2.39. The maximum atomic E-state index is 13.4. The number of hydrogen-bond acceptors (Lipinski definition) is 5. The summed E-state index contributed by atoms with van der Waals surface area (Å²) in [6.45, 7) is 6.10. The van der Waals surface area contributed by atoms with Gasteiger partial charge in [-0.2, -0.15) is 0 Å². The van der Waals surface area contributed by atoms with E-state index < -0.39 is 0 Å². The van der Waals surface area contributed by atoms with Crippen LogP contribution in [0.3, 0.4) is 0 Å². The second kappa shape index (κ2) is 8.54. The monoisotopic (exact) mass is 420 g/mol. The third kappa shape index (κ3) is 3.91. The van der Waals surface area contributed by atoms with E-state index in [4.69, 9.17) is 0 Å². The molecule has 31 heavy (non-hydrogen) atoms. The van der Waals surface area contributed by atoms with Crippen LogP contribution in [-0.2, 0) is 0 Å². The van der Waals surface area contributed by atoms with Gasteiger partial charge in [0, 0.05) is 16.5 Å². The molecule has 1 N–H and O–H groups in total. The molecule has 5 rings (SSSR count). The number of aromatic nitrogens is 5. The van der Waals surface area contributed by atoms with Crippen molar-refractivity contribution in [2.24, 2.45) is 0 Å². The molecule has 0 radical (unpaired) electrons. The summed E-state index contributed by atoms with van der Waals surface area (Å²) in [5.41, 5.74) is 3.95. The van der Waals surface area contributed by atoms with Gasteiger partial charge in [0.2, 0.25) is 0 Å². The van der Waals surface area contributed by atoms with Crippen LogP contribution in [0.15, 0.2) is 23.0 Å². The summed E-state index contributed by atoms with van der Waals surface area (Å²) >= 11 is 0. The Morgan fingerprint density at radius 1 is 1.00 bits per heavy atom. The number of aromatic amines is 1. The Morgan fingerprint density at radius 2 is 1.74 bits per heavy atom. The smallest absolute Gasteiger partial charge is 0.253 e. The molecule has 1 atom stereocenters. The van der Waals surface area contributed by atoms with Crippen molar-refractivity contribution in [3.05, 3.63) is 51.1 Å². The topological polar surface area (TPSA) is 79.7 Å². The molecule has 0 bridgehead atoms. The SMILES string of the molecule is Cc1cc(C)c2cc(C(c3nnnn3C3CCCCC3)N3CCCCC3)c(=O)[nH]c2c1. The number of benzene rings is 1. The Bertz CT molecular complexity index is 1120. The van der Waals surface area contributed by atoms with Crippen LogP contribution in [0, 0.1) is 13.8 Å². The van der Waals surface area contributed by atoms with E-state index in [1.54, 1.807) is 0 Å². The Kier molecular flexibility index (Phi) is 5.61. The van der Waals surface area contributed by atoms with Crippen LogP contribution in [0.1, 0.15) is 86.0 Å². The zero-order valence-electron chi connectivity index (χ0n) is 18.6. The number of pyridine rings is 1. The van der Waals surface area contributed by atoms with Crippen LogP contribution in [0.25, 0.3) is 10.9 Å². The number of nitrogens with one attached hydrogen (secondary N) is 1. The fourth-order valence-electron chi connectivity index (χ4n) is 5.53. The first-order valence-electron chi connectivity index (χ1n) is 11.8. The molecule has 3 heterocycles. The normalized spacial score (nSPS) is 19.7. The number of piperidine rings is 1. The Labute approximate surface area is 182 Å². The highest BCUT2D eigenvalue weighted by Gasteiger charge is 2.33. The summed E-state index contributed by atoms with van der Waals surface area (Å²) in [5.74, 6) is 0.823. The number of aryl methyl sites for hydroxylation is 2. The van der Waals surface area contributed by atoms with E-state index in [0.29, 0.717) is 6.04 Å². The summed E-state index contributed by atoms with van der Waals surface area (Å²) in [5, 5.41) is 14.1. The molecular weight excluding hydrogens is 388 g/mol. The summed E-state index contributed by atoms with van der Waals surface area (Å²) in [4.78, 5) is 18.9. The highest BCUT2D eigenvalue weighted by Crippen LogP contribution is 2.34. The van der Waals surface area contributed by atoms with Crippen LogP contribution in [0.5, 0.6) is 0 Å². The van der Waals surface area contributed by atoms with E-state index >= 15 is 0 Å². The first kappa shape index (κ1) is 20.4. The van der Waals surface area contributed by atoms with E-state index in [-0.39, 0.29) is 11.6 Å². The van der Waals surface area contributed by atoms with Gasteiger partial charge >= 0.3 is 0 Å². The summed E-state index contributed by atoms with van der Waals surface area (Å²) in [6, 6.07) is 6.42. The predicted molar refractivity (Wildman–Crippen MR) is 121 cm³/mol. The Balaban J connectivity index is 1.65. The first-order chi connectivity index (χ1) is 15.1. The number of rotatable bonds is 4. The molecule has 1 aliphatic carbocycles. The lowest BCUT2D eigenvalue weighted by Gasteiger charge is -2.34. The summed E-state index contributed by atoms with van der Waals surface area (Å²) in [6.07, 6.45) is 9.46. The van der Waals surface area contributed by atoms with Crippen molar-refractivity contribution in [1.29, 1.82) is 0 Å². The van der Waals surface area contributed by atoms with Crippen LogP contribution in [-0.4, -0.2) is 43.2 Å². The fraction of sp³-hybridized carbons (Fsp3) is 0.583. The molecule has 1 aromatic carbocycles. The predicted octanol–water partition coefficient (Wildman–Crippen LogP) is 4.21. The zero-order chi connectivity index (χ0) is 21.4. The molecule has 1 saturated carbocycles. The van der Waals surface area contributed by atoms with Crippen LogP contribution < -0.4 is 5.56 Å². The molecule has 7 nitrogen and oxygen atoms in total. The van der Waals surface area contributed by atoms with Crippen molar-refractivity contribution in [3.8, 4) is 0 Å². The van der Waals surface area contributed by atoms with Gasteiger partial charge in [-0.05, 0) is 86.3 Å². The molecule has 1 aliphatic heterocycles. The van der Waals surface area contributed by atoms with Crippen molar-refractivity contribution < 1.29 is 0 Å². The molecule has 1 saturated heterocycles. The maximum Gasteiger partial charge on any atom is 0.253 e. The molecule has 0 amide bonds. The average Bonchev–Trinajstić information content (AvgIpc) is 3.25. The summed E-state index contributed by atoms with van der Waals surface area (Å²) < 4.78 is 2.03. The van der Waals surface area contributed by atoms with Crippen molar-refractivity contribution in [2.75, 3.05) is 13.1 Å². The van der Waals surface area contributed by atoms with Gasteiger partial charge in [0.1, 0.15) is 6.04 Å². The van der Waals surface area contributed by atoms with E-state index in [1.165, 1.54) is 31.2 Å². The molecule has 2 aromatic heterocycles. The molecule has 3 aromatic rings. The van der Waals surface area contributed by atoms with Gasteiger partial charge in [-0.15, -0.1) is 5.10 Å². The Morgan fingerprint density at radius 3 is 2.52 bits per heavy atom. The van der Waals surface area contributed by atoms with Crippen LogP contribution >= 0.6 is 0 Å². The van der Waals surface area contributed by atoms with Gasteiger partial charge < -0.3 is 4.98 Å². The lowest BCUT2D eigenvalue weighted by molar-refractivity contribution is 0.171. The molecule has 2 aliphatic rings. The van der Waals surface area contributed by atoms with Gasteiger partial charge in [0.05, 0.1) is 6.04 Å². The van der Waals surface area contributed by atoms with Crippen molar-refractivity contribution in [2.45, 2.75) is 77.3 Å². The standard InChI is InChI=1S/C24H32N6O/c1-16-13-17(2)19-15-20(24(31)25-21(19)14-16)22(29-11-7-4-8-12-29)23-26-27-28-30(23)18-9-5-3-6-10-18/h13-15,18,22H,3-12H2,1-2H3,(H,25,31). The van der Waals surface area contributed by atoms with Gasteiger partial charge in [-0.25, -0.2) is 4.68 Å². The van der Waals surface area contributed by atoms with Crippen molar-refractivity contribution in [1.82, 2.24) is 30.1 Å². The fourth-order valence-corrected chi connectivity index (χ4v) is 5.53. The minimum atomic E-state index is -0.217. The van der Waals surface area contributed by atoms with Crippen LogP contribution in [0.2, 0.25) is 0 Å². The maximum absolute atomic E-state index is 13.4. The zero-order valence-corrected chi connectivity index (χ0v) is 18.6. The van der Waals surface area contributed by atoms with E-state index in [1.807, 2.05) is 4.68 Å². The van der Waals surface area contributed by atoms with E-state index in [9.17, 15) is 4.79 Å². The molecule has 2 fully saturated rings. The number of nitrogens with zero attached hydrogens (tertiary/aromatic N) is 5.